The van der Waals surface area contributed by atoms with Gasteiger partial charge in [-0.1, -0.05) is 23.8 Å². The molecular formula is C22H29N3O. The molecule has 1 amide bonds. The maximum atomic E-state index is 12.6. The van der Waals surface area contributed by atoms with E-state index in [1.807, 2.05) is 32.3 Å². The van der Waals surface area contributed by atoms with Crippen LogP contribution in [0.5, 0.6) is 0 Å². The number of likely N-dealkylation sites (tertiary alicyclic amines) is 1. The lowest BCUT2D eigenvalue weighted by molar-refractivity contribution is 0.0934. The molecule has 0 unspecified atom stereocenters. The fourth-order valence-electron chi connectivity index (χ4n) is 3.96. The molecule has 1 aromatic heterocycles. The number of pyridine rings is 1. The lowest BCUT2D eigenvalue weighted by Gasteiger charge is -2.32. The molecule has 26 heavy (non-hydrogen) atoms. The summed E-state index contributed by atoms with van der Waals surface area (Å²) in [6.45, 7) is 10.0. The lowest BCUT2D eigenvalue weighted by Crippen LogP contribution is -2.38. The van der Waals surface area contributed by atoms with E-state index in [4.69, 9.17) is 0 Å². The maximum absolute atomic E-state index is 12.6. The predicted molar refractivity (Wildman–Crippen MR) is 105 cm³/mol. The van der Waals surface area contributed by atoms with Crippen LogP contribution in [0.1, 0.15) is 45.5 Å². The van der Waals surface area contributed by atoms with Crippen LogP contribution in [0.15, 0.2) is 36.7 Å². The maximum Gasteiger partial charge on any atom is 0.251 e. The van der Waals surface area contributed by atoms with Gasteiger partial charge in [0.1, 0.15) is 0 Å². The molecule has 0 aliphatic carbocycles. The Morgan fingerprint density at radius 1 is 1.19 bits per heavy atom. The van der Waals surface area contributed by atoms with Crippen LogP contribution in [0.2, 0.25) is 0 Å². The average molecular weight is 351 g/mol. The predicted octanol–water partition coefficient (Wildman–Crippen LogP) is 3.65. The Balaban J connectivity index is 1.47. The molecular weight excluding hydrogens is 322 g/mol. The first-order chi connectivity index (χ1) is 12.5. The zero-order valence-corrected chi connectivity index (χ0v) is 16.1. The first-order valence-corrected chi connectivity index (χ1v) is 9.50. The lowest BCUT2D eigenvalue weighted by atomic mass is 9.95. The van der Waals surface area contributed by atoms with E-state index in [9.17, 15) is 4.79 Å². The molecule has 3 rings (SSSR count). The normalized spacial score (nSPS) is 15.8. The van der Waals surface area contributed by atoms with Gasteiger partial charge in [-0.3, -0.25) is 14.7 Å². The van der Waals surface area contributed by atoms with E-state index in [0.29, 0.717) is 5.92 Å². The van der Waals surface area contributed by atoms with E-state index < -0.39 is 0 Å². The Morgan fingerprint density at radius 2 is 1.88 bits per heavy atom. The third-order valence-corrected chi connectivity index (χ3v) is 5.29. The van der Waals surface area contributed by atoms with Crippen LogP contribution in [0.25, 0.3) is 0 Å². The number of carbonyl (C=O) groups is 1. The van der Waals surface area contributed by atoms with Gasteiger partial charge in [-0.25, -0.2) is 0 Å². The highest BCUT2D eigenvalue weighted by atomic mass is 16.1. The standard InChI is InChI=1S/C22H29N3O/c1-16-11-17(2)21(18(3)12-16)22(26)24-14-19-6-9-25(10-7-19)15-20-5-4-8-23-13-20/h4-5,8,11-13,19H,6-7,9-10,14-15H2,1-3H3,(H,24,26). The molecule has 0 bridgehead atoms. The summed E-state index contributed by atoms with van der Waals surface area (Å²) in [5, 5.41) is 3.17. The molecule has 2 aromatic rings. The van der Waals surface area contributed by atoms with E-state index in [0.717, 1.165) is 55.7 Å². The van der Waals surface area contributed by atoms with Crippen molar-refractivity contribution in [1.29, 1.82) is 0 Å². The summed E-state index contributed by atoms with van der Waals surface area (Å²) in [4.78, 5) is 19.3. The Kier molecular flexibility index (Phi) is 6.04. The summed E-state index contributed by atoms with van der Waals surface area (Å²) >= 11 is 0. The number of piperidine rings is 1. The van der Waals surface area contributed by atoms with Gasteiger partial charge in [-0.05, 0) is 75.4 Å². The zero-order chi connectivity index (χ0) is 18.5. The van der Waals surface area contributed by atoms with E-state index in [1.165, 1.54) is 11.1 Å². The molecule has 4 heteroatoms. The van der Waals surface area contributed by atoms with Crippen LogP contribution in [-0.2, 0) is 6.54 Å². The van der Waals surface area contributed by atoms with Crippen LogP contribution in [0, 0.1) is 26.7 Å². The number of aryl methyl sites for hydroxylation is 3. The summed E-state index contributed by atoms with van der Waals surface area (Å²) in [7, 11) is 0. The molecule has 1 aliphatic rings. The molecule has 1 fully saturated rings. The SMILES string of the molecule is Cc1cc(C)c(C(=O)NCC2CCN(Cc3cccnc3)CC2)c(C)c1. The molecule has 1 aliphatic heterocycles. The largest absolute Gasteiger partial charge is 0.352 e. The monoisotopic (exact) mass is 351 g/mol. The molecule has 1 saturated heterocycles. The van der Waals surface area contributed by atoms with Crippen LogP contribution in [0.4, 0.5) is 0 Å². The van der Waals surface area contributed by atoms with Gasteiger partial charge in [0, 0.05) is 31.0 Å². The first-order valence-electron chi connectivity index (χ1n) is 9.50. The van der Waals surface area contributed by atoms with Crippen molar-refractivity contribution in [1.82, 2.24) is 15.2 Å². The molecule has 2 heterocycles. The summed E-state index contributed by atoms with van der Waals surface area (Å²) in [5.41, 5.74) is 5.43. The number of nitrogens with zero attached hydrogens (tertiary/aromatic N) is 2. The molecule has 4 nitrogen and oxygen atoms in total. The molecule has 0 radical (unpaired) electrons. The van der Waals surface area contributed by atoms with E-state index in [1.54, 1.807) is 0 Å². The molecule has 0 spiro atoms. The van der Waals surface area contributed by atoms with Gasteiger partial charge in [0.15, 0.2) is 0 Å². The quantitative estimate of drug-likeness (QED) is 0.894. The summed E-state index contributed by atoms with van der Waals surface area (Å²) in [6, 6.07) is 8.29. The average Bonchev–Trinajstić information content (AvgIpc) is 2.61. The Hall–Kier alpha value is -2.20. The fraction of sp³-hybridized carbons (Fsp3) is 0.455. The van der Waals surface area contributed by atoms with Gasteiger partial charge in [0.2, 0.25) is 0 Å². The van der Waals surface area contributed by atoms with Crippen molar-refractivity contribution in [3.05, 3.63) is 64.5 Å². The molecule has 0 saturated carbocycles. The van der Waals surface area contributed by atoms with Crippen LogP contribution in [-0.4, -0.2) is 35.4 Å². The van der Waals surface area contributed by atoms with Crippen molar-refractivity contribution < 1.29 is 4.79 Å². The van der Waals surface area contributed by atoms with Crippen molar-refractivity contribution in [3.63, 3.8) is 0 Å². The number of carbonyl (C=O) groups excluding carboxylic acids is 1. The second-order valence-corrected chi connectivity index (χ2v) is 7.56. The second-order valence-electron chi connectivity index (χ2n) is 7.56. The zero-order valence-electron chi connectivity index (χ0n) is 16.1. The Morgan fingerprint density at radius 3 is 2.50 bits per heavy atom. The highest BCUT2D eigenvalue weighted by molar-refractivity contribution is 5.97. The van der Waals surface area contributed by atoms with Crippen molar-refractivity contribution in [2.45, 2.75) is 40.2 Å². The minimum atomic E-state index is 0.0674. The van der Waals surface area contributed by atoms with Gasteiger partial charge in [-0.15, -0.1) is 0 Å². The first kappa shape index (κ1) is 18.6. The van der Waals surface area contributed by atoms with Gasteiger partial charge in [0.05, 0.1) is 0 Å². The van der Waals surface area contributed by atoms with Crippen LogP contribution >= 0.6 is 0 Å². The van der Waals surface area contributed by atoms with Crippen LogP contribution < -0.4 is 5.32 Å². The number of aromatic nitrogens is 1. The molecule has 1 N–H and O–H groups in total. The number of benzene rings is 1. The highest BCUT2D eigenvalue weighted by Crippen LogP contribution is 2.20. The highest BCUT2D eigenvalue weighted by Gasteiger charge is 2.21. The number of hydrogen-bond acceptors (Lipinski definition) is 3. The third kappa shape index (κ3) is 4.70. The van der Waals surface area contributed by atoms with E-state index in [-0.39, 0.29) is 5.91 Å². The van der Waals surface area contributed by atoms with Crippen molar-refractivity contribution in [2.24, 2.45) is 5.92 Å². The van der Waals surface area contributed by atoms with Crippen molar-refractivity contribution in [2.75, 3.05) is 19.6 Å². The number of nitrogens with one attached hydrogen (secondary N) is 1. The van der Waals surface area contributed by atoms with Gasteiger partial charge in [0.25, 0.3) is 5.91 Å². The summed E-state index contributed by atoms with van der Waals surface area (Å²) in [5.74, 6) is 0.632. The topological polar surface area (TPSA) is 45.2 Å². The van der Waals surface area contributed by atoms with Crippen LogP contribution in [0.3, 0.4) is 0 Å². The smallest absolute Gasteiger partial charge is 0.251 e. The van der Waals surface area contributed by atoms with Crippen molar-refractivity contribution in [3.8, 4) is 0 Å². The second kappa shape index (κ2) is 8.45. The summed E-state index contributed by atoms with van der Waals surface area (Å²) in [6.07, 6.45) is 6.02. The molecule has 1 aromatic carbocycles. The van der Waals surface area contributed by atoms with Gasteiger partial charge in [-0.2, -0.15) is 0 Å². The van der Waals surface area contributed by atoms with E-state index >= 15 is 0 Å². The Labute approximate surface area is 156 Å². The van der Waals surface area contributed by atoms with Gasteiger partial charge < -0.3 is 5.32 Å². The number of hydrogen-bond donors (Lipinski definition) is 1. The molecule has 138 valence electrons. The minimum Gasteiger partial charge on any atom is -0.352 e. The summed E-state index contributed by atoms with van der Waals surface area (Å²) < 4.78 is 0. The number of amides is 1. The third-order valence-electron chi connectivity index (χ3n) is 5.29. The fourth-order valence-corrected chi connectivity index (χ4v) is 3.96. The van der Waals surface area contributed by atoms with Crippen molar-refractivity contribution >= 4 is 5.91 Å². The Bertz CT molecular complexity index is 726. The minimum absolute atomic E-state index is 0.0674. The molecule has 0 atom stereocenters. The van der Waals surface area contributed by atoms with E-state index in [2.05, 4.69) is 40.3 Å². The number of rotatable bonds is 5. The van der Waals surface area contributed by atoms with Gasteiger partial charge >= 0.3 is 0 Å².